The van der Waals surface area contributed by atoms with Crippen molar-refractivity contribution in [2.75, 3.05) is 6.61 Å². The van der Waals surface area contributed by atoms with Crippen molar-refractivity contribution in [3.8, 4) is 0 Å². The fraction of sp³-hybridized carbons (Fsp3) is 0.364. The Bertz CT molecular complexity index is 392. The maximum absolute atomic E-state index is 13.4. The molecule has 2 atom stereocenters. The van der Waals surface area contributed by atoms with Gasteiger partial charge in [-0.15, -0.1) is 0 Å². The summed E-state index contributed by atoms with van der Waals surface area (Å²) >= 11 is 0. The lowest BCUT2D eigenvalue weighted by Gasteiger charge is -2.09. The molecule has 1 aliphatic rings. The number of nitrogens with zero attached hydrogens (tertiary/aromatic N) is 1. The van der Waals surface area contributed by atoms with Crippen LogP contribution < -0.4 is 0 Å². The lowest BCUT2D eigenvalue weighted by Crippen LogP contribution is -2.22. The Morgan fingerprint density at radius 1 is 1.47 bits per heavy atom. The largest absolute Gasteiger partial charge is 0.472 e. The van der Waals surface area contributed by atoms with Gasteiger partial charge in [-0.3, -0.25) is 0 Å². The molecule has 15 heavy (non-hydrogen) atoms. The average Bonchev–Trinajstić information content (AvgIpc) is 2.60. The van der Waals surface area contributed by atoms with E-state index in [1.54, 1.807) is 25.1 Å². The molecule has 80 valence electrons. The van der Waals surface area contributed by atoms with E-state index >= 15 is 0 Å². The SMILES string of the molecule is C[C@H]1OC(c2ccccc2F)=N[C@@H]1CO. The monoisotopic (exact) mass is 209 g/mol. The zero-order chi connectivity index (χ0) is 10.8. The minimum Gasteiger partial charge on any atom is -0.472 e. The maximum atomic E-state index is 13.4. The molecule has 0 saturated heterocycles. The van der Waals surface area contributed by atoms with Gasteiger partial charge in [0.25, 0.3) is 0 Å². The van der Waals surface area contributed by atoms with Crippen LogP contribution in [0.5, 0.6) is 0 Å². The van der Waals surface area contributed by atoms with Gasteiger partial charge in [0.2, 0.25) is 5.90 Å². The van der Waals surface area contributed by atoms with Crippen LogP contribution in [0, 0.1) is 5.82 Å². The molecule has 1 aliphatic heterocycles. The van der Waals surface area contributed by atoms with E-state index in [1.165, 1.54) is 6.07 Å². The summed E-state index contributed by atoms with van der Waals surface area (Å²) in [6.45, 7) is 1.72. The predicted octanol–water partition coefficient (Wildman–Crippen LogP) is 1.35. The lowest BCUT2D eigenvalue weighted by molar-refractivity contribution is 0.164. The molecule has 0 fully saturated rings. The van der Waals surface area contributed by atoms with E-state index in [4.69, 9.17) is 9.84 Å². The first-order valence-corrected chi connectivity index (χ1v) is 4.82. The van der Waals surface area contributed by atoms with E-state index in [-0.39, 0.29) is 30.5 Å². The van der Waals surface area contributed by atoms with Gasteiger partial charge in [0.1, 0.15) is 18.0 Å². The highest BCUT2D eigenvalue weighted by Crippen LogP contribution is 2.19. The smallest absolute Gasteiger partial charge is 0.219 e. The van der Waals surface area contributed by atoms with Gasteiger partial charge >= 0.3 is 0 Å². The van der Waals surface area contributed by atoms with E-state index in [1.807, 2.05) is 0 Å². The molecule has 0 aliphatic carbocycles. The van der Waals surface area contributed by atoms with Crippen LogP contribution in [0.4, 0.5) is 4.39 Å². The van der Waals surface area contributed by atoms with Crippen LogP contribution >= 0.6 is 0 Å². The first kappa shape index (κ1) is 10.1. The zero-order valence-electron chi connectivity index (χ0n) is 8.35. The average molecular weight is 209 g/mol. The second kappa shape index (κ2) is 3.98. The Hall–Kier alpha value is -1.42. The van der Waals surface area contributed by atoms with Crippen LogP contribution in [0.15, 0.2) is 29.3 Å². The highest BCUT2D eigenvalue weighted by atomic mass is 19.1. The van der Waals surface area contributed by atoms with Crippen molar-refractivity contribution in [2.45, 2.75) is 19.1 Å². The molecule has 1 aromatic carbocycles. The summed E-state index contributed by atoms with van der Waals surface area (Å²) in [5.74, 6) is -0.0818. The Morgan fingerprint density at radius 2 is 2.20 bits per heavy atom. The number of aliphatic hydroxyl groups is 1. The number of rotatable bonds is 2. The van der Waals surface area contributed by atoms with Crippen LogP contribution in [0.1, 0.15) is 12.5 Å². The first-order chi connectivity index (χ1) is 7.22. The molecule has 1 aromatic rings. The van der Waals surface area contributed by atoms with Crippen molar-refractivity contribution in [2.24, 2.45) is 4.99 Å². The summed E-state index contributed by atoms with van der Waals surface area (Å²) < 4.78 is 18.8. The maximum Gasteiger partial charge on any atom is 0.219 e. The van der Waals surface area contributed by atoms with Gasteiger partial charge in [-0.25, -0.2) is 9.38 Å². The van der Waals surface area contributed by atoms with E-state index < -0.39 is 0 Å². The summed E-state index contributed by atoms with van der Waals surface area (Å²) in [6.07, 6.45) is -0.204. The summed E-state index contributed by atoms with van der Waals surface area (Å²) in [4.78, 5) is 4.12. The number of halogens is 1. The minimum atomic E-state index is -0.359. The number of benzene rings is 1. The van der Waals surface area contributed by atoms with Crippen molar-refractivity contribution in [3.63, 3.8) is 0 Å². The van der Waals surface area contributed by atoms with Gasteiger partial charge in [-0.1, -0.05) is 12.1 Å². The molecule has 0 aromatic heterocycles. The van der Waals surface area contributed by atoms with Crippen LogP contribution in [0.2, 0.25) is 0 Å². The van der Waals surface area contributed by atoms with E-state index in [9.17, 15) is 4.39 Å². The van der Waals surface area contributed by atoms with Gasteiger partial charge in [-0.2, -0.15) is 0 Å². The van der Waals surface area contributed by atoms with Crippen molar-refractivity contribution in [1.82, 2.24) is 0 Å². The van der Waals surface area contributed by atoms with Gasteiger partial charge in [0.15, 0.2) is 0 Å². The highest BCUT2D eigenvalue weighted by molar-refractivity contribution is 5.95. The van der Waals surface area contributed by atoms with Crippen molar-refractivity contribution < 1.29 is 14.2 Å². The Labute approximate surface area is 87.2 Å². The van der Waals surface area contributed by atoms with Crippen LogP contribution in [0.25, 0.3) is 0 Å². The molecule has 0 amide bonds. The molecule has 0 bridgehead atoms. The van der Waals surface area contributed by atoms with Crippen molar-refractivity contribution >= 4 is 5.90 Å². The zero-order valence-corrected chi connectivity index (χ0v) is 8.35. The summed E-state index contributed by atoms with van der Waals surface area (Å²) in [6, 6.07) is 6.01. The molecular weight excluding hydrogens is 197 g/mol. The van der Waals surface area contributed by atoms with Crippen LogP contribution in [-0.2, 0) is 4.74 Å². The highest BCUT2D eigenvalue weighted by Gasteiger charge is 2.28. The quantitative estimate of drug-likeness (QED) is 0.798. The molecule has 0 unspecified atom stereocenters. The number of hydrogen-bond donors (Lipinski definition) is 1. The van der Waals surface area contributed by atoms with Crippen LogP contribution in [0.3, 0.4) is 0 Å². The third-order valence-corrected chi connectivity index (χ3v) is 2.41. The van der Waals surface area contributed by atoms with Gasteiger partial charge in [0.05, 0.1) is 12.2 Å². The van der Waals surface area contributed by atoms with Gasteiger partial charge < -0.3 is 9.84 Å². The molecule has 3 nitrogen and oxygen atoms in total. The second-order valence-corrected chi connectivity index (χ2v) is 3.49. The Balaban J connectivity index is 2.30. The Morgan fingerprint density at radius 3 is 2.80 bits per heavy atom. The molecule has 0 spiro atoms. The predicted molar refractivity (Wildman–Crippen MR) is 54.4 cm³/mol. The van der Waals surface area contributed by atoms with E-state index in [0.717, 1.165) is 0 Å². The molecule has 0 saturated carbocycles. The van der Waals surface area contributed by atoms with Crippen molar-refractivity contribution in [3.05, 3.63) is 35.6 Å². The number of hydrogen-bond acceptors (Lipinski definition) is 3. The van der Waals surface area contributed by atoms with Gasteiger partial charge in [-0.05, 0) is 19.1 Å². The molecule has 1 heterocycles. The summed E-state index contributed by atoms with van der Waals surface area (Å²) in [7, 11) is 0. The molecule has 1 N–H and O–H groups in total. The summed E-state index contributed by atoms with van der Waals surface area (Å²) in [5.41, 5.74) is 0.347. The first-order valence-electron chi connectivity index (χ1n) is 4.82. The number of aliphatic imine (C=N–C) groups is 1. The van der Waals surface area contributed by atoms with Gasteiger partial charge in [0, 0.05) is 0 Å². The minimum absolute atomic E-state index is 0.0842. The molecule has 0 radical (unpaired) electrons. The summed E-state index contributed by atoms with van der Waals surface area (Å²) in [5, 5.41) is 8.99. The fourth-order valence-corrected chi connectivity index (χ4v) is 1.50. The molecule has 4 heteroatoms. The third-order valence-electron chi connectivity index (χ3n) is 2.41. The van der Waals surface area contributed by atoms with Crippen LogP contribution in [-0.4, -0.2) is 29.8 Å². The van der Waals surface area contributed by atoms with E-state index in [0.29, 0.717) is 5.56 Å². The lowest BCUT2D eigenvalue weighted by atomic mass is 10.2. The number of aliphatic hydroxyl groups excluding tert-OH is 1. The van der Waals surface area contributed by atoms with Crippen molar-refractivity contribution in [1.29, 1.82) is 0 Å². The number of ether oxygens (including phenoxy) is 1. The third kappa shape index (κ3) is 1.85. The standard InChI is InChI=1S/C11H12FNO2/c1-7-10(6-14)13-11(15-7)8-4-2-3-5-9(8)12/h2-5,7,10,14H,6H2,1H3/t7-,10-/m1/s1. The fourth-order valence-electron chi connectivity index (χ4n) is 1.50. The topological polar surface area (TPSA) is 41.8 Å². The molecule has 2 rings (SSSR count). The normalized spacial score (nSPS) is 24.9. The Kier molecular flexibility index (Phi) is 2.68. The molecular formula is C11H12FNO2. The van der Waals surface area contributed by atoms with E-state index in [2.05, 4.69) is 4.99 Å². The second-order valence-electron chi connectivity index (χ2n) is 3.49.